The van der Waals surface area contributed by atoms with E-state index in [1.807, 2.05) is 20.9 Å². The molecule has 104 valence electrons. The molecule has 2 rings (SSSR count). The van der Waals surface area contributed by atoms with Crippen LogP contribution in [-0.4, -0.2) is 35.4 Å². The standard InChI is InChI=1S/C15H23N3O/c1-9-8-10(2)16-11(3)14(9)12(4)17-13-6-7-18(5)15(13)19/h8,12-13,17H,6-7H2,1-5H3. The lowest BCUT2D eigenvalue weighted by Crippen LogP contribution is -2.38. The van der Waals surface area contributed by atoms with Gasteiger partial charge in [-0.15, -0.1) is 0 Å². The summed E-state index contributed by atoms with van der Waals surface area (Å²) < 4.78 is 0. The SMILES string of the molecule is Cc1cc(C)c(C(C)NC2CCN(C)C2=O)c(C)n1. The van der Waals surface area contributed by atoms with Crippen LogP contribution in [0.1, 0.15) is 41.9 Å². The first-order chi connectivity index (χ1) is 8.90. The molecule has 1 aliphatic heterocycles. The van der Waals surface area contributed by atoms with E-state index in [9.17, 15) is 4.79 Å². The van der Waals surface area contributed by atoms with Gasteiger partial charge in [-0.05, 0) is 51.3 Å². The summed E-state index contributed by atoms with van der Waals surface area (Å²) in [6.45, 7) is 9.11. The van der Waals surface area contributed by atoms with Crippen molar-refractivity contribution in [2.75, 3.05) is 13.6 Å². The van der Waals surface area contributed by atoms with Crippen molar-refractivity contribution in [3.63, 3.8) is 0 Å². The van der Waals surface area contributed by atoms with E-state index in [0.717, 1.165) is 24.4 Å². The van der Waals surface area contributed by atoms with Gasteiger partial charge in [0.15, 0.2) is 0 Å². The third kappa shape index (κ3) is 2.78. The molecule has 2 unspecified atom stereocenters. The van der Waals surface area contributed by atoms with Gasteiger partial charge in [0.1, 0.15) is 0 Å². The molecule has 1 fully saturated rings. The average molecular weight is 261 g/mol. The van der Waals surface area contributed by atoms with Crippen LogP contribution in [0.5, 0.6) is 0 Å². The van der Waals surface area contributed by atoms with Crippen molar-refractivity contribution in [2.45, 2.75) is 46.2 Å². The maximum absolute atomic E-state index is 11.9. The van der Waals surface area contributed by atoms with Crippen LogP contribution in [-0.2, 0) is 4.79 Å². The van der Waals surface area contributed by atoms with Crippen LogP contribution in [0.15, 0.2) is 6.07 Å². The molecule has 0 radical (unpaired) electrons. The highest BCUT2D eigenvalue weighted by molar-refractivity contribution is 5.83. The second-order valence-corrected chi connectivity index (χ2v) is 5.57. The average Bonchev–Trinajstić information content (AvgIpc) is 2.59. The quantitative estimate of drug-likeness (QED) is 0.903. The van der Waals surface area contributed by atoms with E-state index in [4.69, 9.17) is 0 Å². The van der Waals surface area contributed by atoms with E-state index in [1.54, 1.807) is 4.90 Å². The monoisotopic (exact) mass is 261 g/mol. The zero-order valence-corrected chi connectivity index (χ0v) is 12.4. The predicted octanol–water partition coefficient (Wildman–Crippen LogP) is 1.89. The highest BCUT2D eigenvalue weighted by Crippen LogP contribution is 2.23. The summed E-state index contributed by atoms with van der Waals surface area (Å²) in [6.07, 6.45) is 0.886. The lowest BCUT2D eigenvalue weighted by atomic mass is 9.99. The minimum atomic E-state index is -0.0555. The molecule has 0 aromatic carbocycles. The van der Waals surface area contributed by atoms with Crippen LogP contribution in [0.3, 0.4) is 0 Å². The molecule has 1 aromatic heterocycles. The second kappa shape index (κ2) is 5.29. The Morgan fingerprint density at radius 3 is 2.63 bits per heavy atom. The van der Waals surface area contributed by atoms with E-state index < -0.39 is 0 Å². The third-order valence-electron chi connectivity index (χ3n) is 3.90. The number of carbonyl (C=O) groups is 1. The zero-order chi connectivity index (χ0) is 14.2. The number of pyridine rings is 1. The summed E-state index contributed by atoms with van der Waals surface area (Å²) in [7, 11) is 1.86. The van der Waals surface area contributed by atoms with Crippen LogP contribution in [0.25, 0.3) is 0 Å². The number of nitrogens with one attached hydrogen (secondary N) is 1. The van der Waals surface area contributed by atoms with E-state index in [2.05, 4.69) is 30.2 Å². The fourth-order valence-corrected chi connectivity index (χ4v) is 3.05. The molecule has 0 aliphatic carbocycles. The molecule has 1 N–H and O–H groups in total. The normalized spacial score (nSPS) is 21.0. The molecule has 4 nitrogen and oxygen atoms in total. The smallest absolute Gasteiger partial charge is 0.239 e. The number of aromatic nitrogens is 1. The Hall–Kier alpha value is -1.42. The fraction of sp³-hybridized carbons (Fsp3) is 0.600. The van der Waals surface area contributed by atoms with E-state index in [1.165, 1.54) is 11.1 Å². The molecular weight excluding hydrogens is 238 g/mol. The van der Waals surface area contributed by atoms with Crippen molar-refractivity contribution in [2.24, 2.45) is 0 Å². The fourth-order valence-electron chi connectivity index (χ4n) is 3.05. The molecule has 1 amide bonds. The maximum Gasteiger partial charge on any atom is 0.239 e. The van der Waals surface area contributed by atoms with Crippen LogP contribution in [0.4, 0.5) is 0 Å². The Balaban J connectivity index is 2.17. The molecule has 0 saturated carbocycles. The Morgan fingerprint density at radius 2 is 2.11 bits per heavy atom. The van der Waals surface area contributed by atoms with Crippen molar-refractivity contribution >= 4 is 5.91 Å². The van der Waals surface area contributed by atoms with Crippen LogP contribution in [0, 0.1) is 20.8 Å². The van der Waals surface area contributed by atoms with Gasteiger partial charge in [-0.25, -0.2) is 0 Å². The molecule has 0 bridgehead atoms. The molecule has 1 aromatic rings. The number of amides is 1. The van der Waals surface area contributed by atoms with Crippen LogP contribution < -0.4 is 5.32 Å². The molecule has 2 atom stereocenters. The number of nitrogens with zero attached hydrogens (tertiary/aromatic N) is 2. The van der Waals surface area contributed by atoms with E-state index in [-0.39, 0.29) is 18.0 Å². The van der Waals surface area contributed by atoms with Crippen LogP contribution in [0.2, 0.25) is 0 Å². The van der Waals surface area contributed by atoms with Gasteiger partial charge in [0.2, 0.25) is 5.91 Å². The third-order valence-corrected chi connectivity index (χ3v) is 3.90. The Labute approximate surface area is 115 Å². The molecule has 2 heterocycles. The minimum Gasteiger partial charge on any atom is -0.344 e. The number of aryl methyl sites for hydroxylation is 3. The summed E-state index contributed by atoms with van der Waals surface area (Å²) in [5.41, 5.74) is 4.55. The Kier molecular flexibility index (Phi) is 3.90. The predicted molar refractivity (Wildman–Crippen MR) is 76.0 cm³/mol. The van der Waals surface area contributed by atoms with Crippen molar-refractivity contribution in [3.8, 4) is 0 Å². The van der Waals surface area contributed by atoms with Crippen LogP contribution >= 0.6 is 0 Å². The van der Waals surface area contributed by atoms with E-state index in [0.29, 0.717) is 0 Å². The van der Waals surface area contributed by atoms with Gasteiger partial charge in [0.25, 0.3) is 0 Å². The first-order valence-corrected chi connectivity index (χ1v) is 6.86. The Morgan fingerprint density at radius 1 is 1.42 bits per heavy atom. The first kappa shape index (κ1) is 14.0. The number of hydrogen-bond donors (Lipinski definition) is 1. The summed E-state index contributed by atoms with van der Waals surface area (Å²) in [4.78, 5) is 18.3. The van der Waals surface area contributed by atoms with Crippen molar-refractivity contribution in [3.05, 3.63) is 28.6 Å². The lowest BCUT2D eigenvalue weighted by molar-refractivity contribution is -0.128. The van der Waals surface area contributed by atoms with Gasteiger partial charge in [0.05, 0.1) is 6.04 Å². The first-order valence-electron chi connectivity index (χ1n) is 6.86. The number of carbonyl (C=O) groups excluding carboxylic acids is 1. The highest BCUT2D eigenvalue weighted by atomic mass is 16.2. The molecular formula is C15H23N3O. The number of likely N-dealkylation sites (N-methyl/N-ethyl adjacent to an activating group) is 1. The Bertz CT molecular complexity index is 475. The molecule has 0 spiro atoms. The summed E-state index contributed by atoms with van der Waals surface area (Å²) in [6, 6.07) is 2.19. The molecule has 1 aliphatic rings. The number of likely N-dealkylation sites (tertiary alicyclic amines) is 1. The zero-order valence-electron chi connectivity index (χ0n) is 12.4. The molecule has 4 heteroatoms. The van der Waals surface area contributed by atoms with Gasteiger partial charge in [-0.1, -0.05) is 0 Å². The van der Waals surface area contributed by atoms with Gasteiger partial charge in [-0.3, -0.25) is 15.1 Å². The summed E-state index contributed by atoms with van der Waals surface area (Å²) >= 11 is 0. The van der Waals surface area contributed by atoms with Gasteiger partial charge >= 0.3 is 0 Å². The van der Waals surface area contributed by atoms with Crippen molar-refractivity contribution in [1.29, 1.82) is 0 Å². The second-order valence-electron chi connectivity index (χ2n) is 5.57. The van der Waals surface area contributed by atoms with Gasteiger partial charge in [-0.2, -0.15) is 0 Å². The van der Waals surface area contributed by atoms with Gasteiger partial charge < -0.3 is 4.90 Å². The number of hydrogen-bond acceptors (Lipinski definition) is 3. The topological polar surface area (TPSA) is 45.2 Å². The van der Waals surface area contributed by atoms with Crippen molar-refractivity contribution < 1.29 is 4.79 Å². The molecule has 1 saturated heterocycles. The maximum atomic E-state index is 11.9. The largest absolute Gasteiger partial charge is 0.344 e. The minimum absolute atomic E-state index is 0.0555. The van der Waals surface area contributed by atoms with Crippen molar-refractivity contribution in [1.82, 2.24) is 15.2 Å². The number of rotatable bonds is 3. The summed E-state index contributed by atoms with van der Waals surface area (Å²) in [5.74, 6) is 0.197. The molecule has 19 heavy (non-hydrogen) atoms. The highest BCUT2D eigenvalue weighted by Gasteiger charge is 2.30. The summed E-state index contributed by atoms with van der Waals surface area (Å²) in [5, 5.41) is 3.45. The van der Waals surface area contributed by atoms with E-state index >= 15 is 0 Å². The van der Waals surface area contributed by atoms with Gasteiger partial charge in [0, 0.05) is 31.0 Å². The lowest BCUT2D eigenvalue weighted by Gasteiger charge is -2.22.